The average molecular weight is 262 g/mol. The molecule has 1 heterocycles. The zero-order valence-electron chi connectivity index (χ0n) is 11.7. The van der Waals surface area contributed by atoms with E-state index in [1.165, 1.54) is 5.56 Å². The van der Waals surface area contributed by atoms with Crippen molar-refractivity contribution in [1.82, 2.24) is 9.80 Å². The highest BCUT2D eigenvalue weighted by Crippen LogP contribution is 2.21. The number of likely N-dealkylation sites (tertiary alicyclic amines) is 1. The fourth-order valence-corrected chi connectivity index (χ4v) is 2.58. The molecule has 0 aromatic heterocycles. The summed E-state index contributed by atoms with van der Waals surface area (Å²) in [7, 11) is 3.63. The fraction of sp³-hybridized carbons (Fsp3) is 0.533. The number of likely N-dealkylation sites (N-methyl/N-ethyl adjacent to an activating group) is 1. The second kappa shape index (κ2) is 6.17. The van der Waals surface area contributed by atoms with E-state index in [0.29, 0.717) is 0 Å². The van der Waals surface area contributed by atoms with Crippen LogP contribution in [0.2, 0.25) is 0 Å². The van der Waals surface area contributed by atoms with Crippen molar-refractivity contribution in [3.63, 3.8) is 0 Å². The number of hydrogen-bond donors (Lipinski definition) is 1. The standard InChI is InChI=1S/C15H22N2O2/c1-16(2)15(19)14-4-3-9-17(14)10-12-5-7-13(11-18)8-6-12/h5-8,14,18H,3-4,9-11H2,1-2H3. The number of nitrogens with zero attached hydrogens (tertiary/aromatic N) is 2. The van der Waals surface area contributed by atoms with Gasteiger partial charge in [0.15, 0.2) is 0 Å². The molecule has 1 amide bonds. The van der Waals surface area contributed by atoms with Gasteiger partial charge in [-0.3, -0.25) is 9.69 Å². The van der Waals surface area contributed by atoms with E-state index in [1.54, 1.807) is 4.90 Å². The summed E-state index contributed by atoms with van der Waals surface area (Å²) in [6.07, 6.45) is 2.03. The van der Waals surface area contributed by atoms with Gasteiger partial charge in [-0.2, -0.15) is 0 Å². The summed E-state index contributed by atoms with van der Waals surface area (Å²) in [6.45, 7) is 1.85. The van der Waals surface area contributed by atoms with Crippen LogP contribution in [0.1, 0.15) is 24.0 Å². The van der Waals surface area contributed by atoms with Gasteiger partial charge in [-0.05, 0) is 30.5 Å². The molecule has 104 valence electrons. The zero-order chi connectivity index (χ0) is 13.8. The Morgan fingerprint density at radius 1 is 1.32 bits per heavy atom. The van der Waals surface area contributed by atoms with Gasteiger partial charge in [-0.1, -0.05) is 24.3 Å². The van der Waals surface area contributed by atoms with Gasteiger partial charge >= 0.3 is 0 Å². The molecule has 4 heteroatoms. The maximum Gasteiger partial charge on any atom is 0.239 e. The summed E-state index contributed by atoms with van der Waals surface area (Å²) >= 11 is 0. The van der Waals surface area contributed by atoms with Gasteiger partial charge in [0.2, 0.25) is 5.91 Å². The molecule has 0 aliphatic carbocycles. The minimum Gasteiger partial charge on any atom is -0.392 e. The minimum atomic E-state index is 0.0209. The van der Waals surface area contributed by atoms with Crippen LogP contribution in [-0.4, -0.2) is 47.5 Å². The van der Waals surface area contributed by atoms with E-state index in [4.69, 9.17) is 5.11 Å². The van der Waals surface area contributed by atoms with Gasteiger partial charge in [0.25, 0.3) is 0 Å². The maximum absolute atomic E-state index is 12.1. The molecular weight excluding hydrogens is 240 g/mol. The van der Waals surface area contributed by atoms with E-state index in [0.717, 1.165) is 31.5 Å². The van der Waals surface area contributed by atoms with Crippen molar-refractivity contribution in [3.8, 4) is 0 Å². The Labute approximate surface area is 114 Å². The Bertz CT molecular complexity index is 428. The monoisotopic (exact) mass is 262 g/mol. The Kier molecular flexibility index (Phi) is 4.56. The van der Waals surface area contributed by atoms with E-state index in [1.807, 2.05) is 38.4 Å². The van der Waals surface area contributed by atoms with Crippen LogP contribution in [0.4, 0.5) is 0 Å². The molecule has 19 heavy (non-hydrogen) atoms. The van der Waals surface area contributed by atoms with Gasteiger partial charge < -0.3 is 10.0 Å². The Morgan fingerprint density at radius 2 is 1.95 bits per heavy atom. The Balaban J connectivity index is 2.02. The Hall–Kier alpha value is -1.39. The lowest BCUT2D eigenvalue weighted by atomic mass is 10.1. The smallest absolute Gasteiger partial charge is 0.239 e. The molecule has 1 aromatic carbocycles. The predicted octanol–water partition coefficient (Wildman–Crippen LogP) is 1.23. The average Bonchev–Trinajstić information content (AvgIpc) is 2.86. The van der Waals surface area contributed by atoms with Gasteiger partial charge in [0, 0.05) is 20.6 Å². The molecule has 0 bridgehead atoms. The van der Waals surface area contributed by atoms with Crippen molar-refractivity contribution in [2.45, 2.75) is 32.0 Å². The Morgan fingerprint density at radius 3 is 2.53 bits per heavy atom. The number of amides is 1. The van der Waals surface area contributed by atoms with Crippen LogP contribution in [0, 0.1) is 0 Å². The lowest BCUT2D eigenvalue weighted by Gasteiger charge is -2.26. The molecule has 1 aliphatic rings. The summed E-state index contributed by atoms with van der Waals surface area (Å²) in [4.78, 5) is 16.0. The molecule has 1 unspecified atom stereocenters. The largest absolute Gasteiger partial charge is 0.392 e. The van der Waals surface area contributed by atoms with Crippen LogP contribution >= 0.6 is 0 Å². The second-order valence-electron chi connectivity index (χ2n) is 5.34. The number of aliphatic hydroxyl groups is 1. The van der Waals surface area contributed by atoms with Crippen LogP contribution in [0.3, 0.4) is 0 Å². The molecule has 0 spiro atoms. The van der Waals surface area contributed by atoms with Gasteiger partial charge in [-0.15, -0.1) is 0 Å². The molecule has 0 radical (unpaired) electrons. The molecule has 1 atom stereocenters. The molecule has 1 aromatic rings. The maximum atomic E-state index is 12.1. The highest BCUT2D eigenvalue weighted by Gasteiger charge is 2.31. The number of benzene rings is 1. The van der Waals surface area contributed by atoms with Crippen molar-refractivity contribution in [3.05, 3.63) is 35.4 Å². The number of aliphatic hydroxyl groups excluding tert-OH is 1. The second-order valence-corrected chi connectivity index (χ2v) is 5.34. The third-order valence-electron chi connectivity index (χ3n) is 3.68. The van der Waals surface area contributed by atoms with Crippen LogP contribution in [0.25, 0.3) is 0 Å². The molecule has 0 saturated carbocycles. The first kappa shape index (κ1) is 14.0. The molecule has 2 rings (SSSR count). The number of hydrogen-bond acceptors (Lipinski definition) is 3. The molecule has 4 nitrogen and oxygen atoms in total. The highest BCUT2D eigenvalue weighted by atomic mass is 16.3. The van der Waals surface area contributed by atoms with Gasteiger partial charge in [-0.25, -0.2) is 0 Å². The minimum absolute atomic E-state index is 0.0209. The third kappa shape index (κ3) is 3.33. The first-order valence-corrected chi connectivity index (χ1v) is 6.75. The normalized spacial score (nSPS) is 19.6. The first-order valence-electron chi connectivity index (χ1n) is 6.75. The van der Waals surface area contributed by atoms with E-state index in [2.05, 4.69) is 4.90 Å². The first-order chi connectivity index (χ1) is 9.11. The van der Waals surface area contributed by atoms with Crippen LogP contribution in [0.5, 0.6) is 0 Å². The van der Waals surface area contributed by atoms with E-state index < -0.39 is 0 Å². The van der Waals surface area contributed by atoms with E-state index in [-0.39, 0.29) is 18.6 Å². The molecular formula is C15H22N2O2. The van der Waals surface area contributed by atoms with Crippen molar-refractivity contribution >= 4 is 5.91 Å². The van der Waals surface area contributed by atoms with Crippen LogP contribution in [0.15, 0.2) is 24.3 Å². The van der Waals surface area contributed by atoms with E-state index >= 15 is 0 Å². The van der Waals surface area contributed by atoms with Crippen LogP contribution in [-0.2, 0) is 17.9 Å². The summed E-state index contributed by atoms with van der Waals surface area (Å²) < 4.78 is 0. The predicted molar refractivity (Wildman–Crippen MR) is 74.5 cm³/mol. The van der Waals surface area contributed by atoms with Crippen molar-refractivity contribution in [2.24, 2.45) is 0 Å². The van der Waals surface area contributed by atoms with Crippen molar-refractivity contribution in [2.75, 3.05) is 20.6 Å². The quantitative estimate of drug-likeness (QED) is 0.887. The topological polar surface area (TPSA) is 43.8 Å². The summed E-state index contributed by atoms with van der Waals surface area (Å²) in [5.41, 5.74) is 2.11. The molecule has 1 fully saturated rings. The SMILES string of the molecule is CN(C)C(=O)C1CCCN1Cc1ccc(CO)cc1. The van der Waals surface area contributed by atoms with Gasteiger partial charge in [0.1, 0.15) is 0 Å². The summed E-state index contributed by atoms with van der Waals surface area (Å²) in [5.74, 6) is 0.199. The van der Waals surface area contributed by atoms with Crippen molar-refractivity contribution < 1.29 is 9.90 Å². The molecule has 1 N–H and O–H groups in total. The lowest BCUT2D eigenvalue weighted by molar-refractivity contribution is -0.133. The van der Waals surface area contributed by atoms with Crippen molar-refractivity contribution in [1.29, 1.82) is 0 Å². The summed E-state index contributed by atoms with van der Waals surface area (Å²) in [5, 5.41) is 9.03. The number of carbonyl (C=O) groups is 1. The van der Waals surface area contributed by atoms with Gasteiger partial charge in [0.05, 0.1) is 12.6 Å². The summed E-state index contributed by atoms with van der Waals surface area (Å²) in [6, 6.07) is 7.96. The lowest BCUT2D eigenvalue weighted by Crippen LogP contribution is -2.42. The van der Waals surface area contributed by atoms with E-state index in [9.17, 15) is 4.79 Å². The number of rotatable bonds is 4. The van der Waals surface area contributed by atoms with Crippen LogP contribution < -0.4 is 0 Å². The zero-order valence-corrected chi connectivity index (χ0v) is 11.7. The fourth-order valence-electron chi connectivity index (χ4n) is 2.58. The highest BCUT2D eigenvalue weighted by molar-refractivity contribution is 5.81. The molecule has 1 saturated heterocycles. The third-order valence-corrected chi connectivity index (χ3v) is 3.68. The number of carbonyl (C=O) groups excluding carboxylic acids is 1. The molecule has 1 aliphatic heterocycles.